The average molecular weight is 333 g/mol. The molecular formula is C17H23N3O4. The van der Waals surface area contributed by atoms with E-state index in [2.05, 4.69) is 10.6 Å². The molecule has 0 bridgehead atoms. The molecule has 2 heterocycles. The van der Waals surface area contributed by atoms with Crippen molar-refractivity contribution in [3.05, 3.63) is 23.8 Å². The van der Waals surface area contributed by atoms with Crippen molar-refractivity contribution in [2.45, 2.75) is 25.9 Å². The molecule has 3 amide bonds. The van der Waals surface area contributed by atoms with E-state index in [-0.39, 0.29) is 24.6 Å². The van der Waals surface area contributed by atoms with Gasteiger partial charge in [0.2, 0.25) is 5.91 Å². The minimum absolute atomic E-state index is 0.0732. The number of hydrogen-bond donors (Lipinski definition) is 2. The topological polar surface area (TPSA) is 79.9 Å². The molecule has 0 aliphatic carbocycles. The highest BCUT2D eigenvalue weighted by molar-refractivity contribution is 5.94. The second-order valence-electron chi connectivity index (χ2n) is 6.15. The molecule has 0 saturated carbocycles. The van der Waals surface area contributed by atoms with Crippen LogP contribution in [0.2, 0.25) is 0 Å². The molecule has 1 atom stereocenters. The van der Waals surface area contributed by atoms with E-state index in [1.165, 1.54) is 4.90 Å². The second kappa shape index (κ2) is 7.53. The standard InChI is InChI=1S/C17H23N3O4/c1-12-4-5-14(15(9-12)24-11-13-3-2-8-23-13)19-17(22)20-7-6-18-16(21)10-20/h4-5,9,13H,2-3,6-8,10-11H2,1H3,(H,18,21)(H,19,22)/t13-/m0/s1. The Morgan fingerprint density at radius 1 is 1.50 bits per heavy atom. The maximum atomic E-state index is 12.4. The monoisotopic (exact) mass is 333 g/mol. The summed E-state index contributed by atoms with van der Waals surface area (Å²) in [5.41, 5.74) is 1.65. The summed E-state index contributed by atoms with van der Waals surface area (Å²) in [5.74, 6) is 0.482. The third-order valence-corrected chi connectivity index (χ3v) is 4.15. The largest absolute Gasteiger partial charge is 0.489 e. The summed E-state index contributed by atoms with van der Waals surface area (Å²) >= 11 is 0. The first-order chi connectivity index (χ1) is 11.6. The number of piperazine rings is 1. The number of aryl methyl sites for hydroxylation is 1. The highest BCUT2D eigenvalue weighted by Gasteiger charge is 2.22. The molecule has 2 saturated heterocycles. The smallest absolute Gasteiger partial charge is 0.322 e. The van der Waals surface area contributed by atoms with E-state index in [1.54, 1.807) is 0 Å². The van der Waals surface area contributed by atoms with Gasteiger partial charge in [-0.15, -0.1) is 0 Å². The van der Waals surface area contributed by atoms with Crippen LogP contribution in [0.5, 0.6) is 5.75 Å². The van der Waals surface area contributed by atoms with Gasteiger partial charge in [0.1, 0.15) is 18.9 Å². The van der Waals surface area contributed by atoms with Crippen LogP contribution in [0.15, 0.2) is 18.2 Å². The number of nitrogens with one attached hydrogen (secondary N) is 2. The van der Waals surface area contributed by atoms with Gasteiger partial charge in [-0.1, -0.05) is 6.07 Å². The maximum Gasteiger partial charge on any atom is 0.322 e. The lowest BCUT2D eigenvalue weighted by Gasteiger charge is -2.27. The Bertz CT molecular complexity index is 614. The minimum atomic E-state index is -0.296. The summed E-state index contributed by atoms with van der Waals surface area (Å²) in [6.07, 6.45) is 2.17. The molecule has 0 spiro atoms. The Kier molecular flexibility index (Phi) is 5.20. The zero-order valence-electron chi connectivity index (χ0n) is 13.8. The van der Waals surface area contributed by atoms with Crippen molar-refractivity contribution in [2.24, 2.45) is 0 Å². The fraction of sp³-hybridized carbons (Fsp3) is 0.529. The number of hydrogen-bond acceptors (Lipinski definition) is 4. The third-order valence-electron chi connectivity index (χ3n) is 4.15. The van der Waals surface area contributed by atoms with Crippen LogP contribution >= 0.6 is 0 Å². The molecule has 1 aromatic rings. The van der Waals surface area contributed by atoms with Gasteiger partial charge < -0.3 is 25.0 Å². The quantitative estimate of drug-likeness (QED) is 0.875. The Labute approximate surface area is 141 Å². The summed E-state index contributed by atoms with van der Waals surface area (Å²) in [6.45, 7) is 4.27. The van der Waals surface area contributed by atoms with Crippen LogP contribution in [0.1, 0.15) is 18.4 Å². The molecule has 7 nitrogen and oxygen atoms in total. The molecule has 3 rings (SSSR count). The molecular weight excluding hydrogens is 310 g/mol. The highest BCUT2D eigenvalue weighted by Crippen LogP contribution is 2.27. The van der Waals surface area contributed by atoms with Crippen molar-refractivity contribution in [1.29, 1.82) is 0 Å². The van der Waals surface area contributed by atoms with Crippen LogP contribution in [-0.2, 0) is 9.53 Å². The minimum Gasteiger partial charge on any atom is -0.489 e. The number of urea groups is 1. The second-order valence-corrected chi connectivity index (χ2v) is 6.15. The zero-order valence-corrected chi connectivity index (χ0v) is 13.8. The number of amides is 3. The molecule has 0 unspecified atom stereocenters. The van der Waals surface area contributed by atoms with E-state index in [1.807, 2.05) is 25.1 Å². The van der Waals surface area contributed by atoms with Gasteiger partial charge in [-0.3, -0.25) is 4.79 Å². The van der Waals surface area contributed by atoms with Gasteiger partial charge in [0.25, 0.3) is 0 Å². The average Bonchev–Trinajstić information content (AvgIpc) is 3.08. The van der Waals surface area contributed by atoms with Crippen molar-refractivity contribution >= 4 is 17.6 Å². The van der Waals surface area contributed by atoms with Gasteiger partial charge in [-0.25, -0.2) is 4.79 Å². The fourth-order valence-electron chi connectivity index (χ4n) is 2.82. The molecule has 2 fully saturated rings. The van der Waals surface area contributed by atoms with Crippen molar-refractivity contribution in [1.82, 2.24) is 10.2 Å². The zero-order chi connectivity index (χ0) is 16.9. The van der Waals surface area contributed by atoms with Gasteiger partial charge in [0.05, 0.1) is 11.8 Å². The lowest BCUT2D eigenvalue weighted by molar-refractivity contribution is -0.123. The predicted molar refractivity (Wildman–Crippen MR) is 89.2 cm³/mol. The molecule has 2 aliphatic heterocycles. The summed E-state index contributed by atoms with van der Waals surface area (Å²) in [6, 6.07) is 5.34. The molecule has 2 N–H and O–H groups in total. The van der Waals surface area contributed by atoms with Crippen molar-refractivity contribution in [3.63, 3.8) is 0 Å². The van der Waals surface area contributed by atoms with Crippen LogP contribution in [0.25, 0.3) is 0 Å². The Morgan fingerprint density at radius 2 is 2.38 bits per heavy atom. The third kappa shape index (κ3) is 4.17. The number of benzene rings is 1. The van der Waals surface area contributed by atoms with Crippen LogP contribution in [0.4, 0.5) is 10.5 Å². The van der Waals surface area contributed by atoms with E-state index < -0.39 is 0 Å². The van der Waals surface area contributed by atoms with E-state index in [0.717, 1.165) is 25.0 Å². The molecule has 24 heavy (non-hydrogen) atoms. The highest BCUT2D eigenvalue weighted by atomic mass is 16.5. The van der Waals surface area contributed by atoms with Gasteiger partial charge in [0, 0.05) is 19.7 Å². The molecule has 130 valence electrons. The molecule has 1 aromatic carbocycles. The van der Waals surface area contributed by atoms with Crippen LogP contribution in [0.3, 0.4) is 0 Å². The van der Waals surface area contributed by atoms with Gasteiger partial charge >= 0.3 is 6.03 Å². The lowest BCUT2D eigenvalue weighted by atomic mass is 10.2. The van der Waals surface area contributed by atoms with Gasteiger partial charge in [-0.2, -0.15) is 0 Å². The van der Waals surface area contributed by atoms with E-state index in [4.69, 9.17) is 9.47 Å². The fourth-order valence-corrected chi connectivity index (χ4v) is 2.82. The number of carbonyl (C=O) groups is 2. The summed E-state index contributed by atoms with van der Waals surface area (Å²) in [7, 11) is 0. The van der Waals surface area contributed by atoms with Crippen LogP contribution in [0, 0.1) is 6.92 Å². The van der Waals surface area contributed by atoms with E-state index in [9.17, 15) is 9.59 Å². The summed E-state index contributed by atoms with van der Waals surface area (Å²) < 4.78 is 11.4. The number of anilines is 1. The maximum absolute atomic E-state index is 12.4. The van der Waals surface area contributed by atoms with Crippen molar-refractivity contribution in [2.75, 3.05) is 38.2 Å². The first kappa shape index (κ1) is 16.6. The van der Waals surface area contributed by atoms with Crippen LogP contribution < -0.4 is 15.4 Å². The normalized spacial score (nSPS) is 20.6. The Morgan fingerprint density at radius 3 is 3.12 bits per heavy atom. The number of nitrogens with zero attached hydrogens (tertiary/aromatic N) is 1. The van der Waals surface area contributed by atoms with E-state index >= 15 is 0 Å². The molecule has 2 aliphatic rings. The SMILES string of the molecule is Cc1ccc(NC(=O)N2CCNC(=O)C2)c(OC[C@@H]2CCCO2)c1. The van der Waals surface area contributed by atoms with E-state index in [0.29, 0.717) is 31.1 Å². The number of carbonyl (C=O) groups excluding carboxylic acids is 2. The molecule has 0 aromatic heterocycles. The Balaban J connectivity index is 1.65. The molecule has 7 heteroatoms. The Hall–Kier alpha value is -2.28. The summed E-state index contributed by atoms with van der Waals surface area (Å²) in [4.78, 5) is 25.3. The lowest BCUT2D eigenvalue weighted by Crippen LogP contribution is -2.51. The number of ether oxygens (including phenoxy) is 2. The van der Waals surface area contributed by atoms with Gasteiger partial charge in [0.15, 0.2) is 0 Å². The number of rotatable bonds is 4. The first-order valence-electron chi connectivity index (χ1n) is 8.29. The first-order valence-corrected chi connectivity index (χ1v) is 8.29. The van der Waals surface area contributed by atoms with Crippen molar-refractivity contribution in [3.8, 4) is 5.75 Å². The molecule has 0 radical (unpaired) electrons. The van der Waals surface area contributed by atoms with Crippen LogP contribution in [-0.4, -0.2) is 55.8 Å². The van der Waals surface area contributed by atoms with Crippen molar-refractivity contribution < 1.29 is 19.1 Å². The van der Waals surface area contributed by atoms with Gasteiger partial charge in [-0.05, 0) is 37.5 Å². The summed E-state index contributed by atoms with van der Waals surface area (Å²) in [5, 5.41) is 5.55. The predicted octanol–water partition coefficient (Wildman–Crippen LogP) is 1.52.